The van der Waals surface area contributed by atoms with E-state index >= 15 is 0 Å². The molecule has 0 aromatic carbocycles. The number of rotatable bonds is 2. The van der Waals surface area contributed by atoms with Gasteiger partial charge in [0.15, 0.2) is 0 Å². The Morgan fingerprint density at radius 3 is 2.00 bits per heavy atom. The monoisotopic (exact) mass is 131 g/mol. The molecule has 0 saturated carbocycles. The van der Waals surface area contributed by atoms with Gasteiger partial charge in [0.1, 0.15) is 0 Å². The van der Waals surface area contributed by atoms with E-state index in [0.717, 1.165) is 0 Å². The van der Waals surface area contributed by atoms with Gasteiger partial charge < -0.3 is 5.73 Å². The van der Waals surface area contributed by atoms with Crippen LogP contribution in [0.1, 0.15) is 0 Å². The molecule has 0 atom stereocenters. The van der Waals surface area contributed by atoms with Gasteiger partial charge in [-0.05, 0) is 0 Å². The first kappa shape index (κ1) is 8.39. The third kappa shape index (κ3) is 2.43. The zero-order valence-corrected chi connectivity index (χ0v) is 6.09. The van der Waals surface area contributed by atoms with Crippen molar-refractivity contribution in [2.75, 3.05) is 27.7 Å². The molecule has 0 spiro atoms. The van der Waals surface area contributed by atoms with E-state index in [2.05, 4.69) is 0 Å². The van der Waals surface area contributed by atoms with E-state index in [1.54, 1.807) is 26.2 Å². The lowest BCUT2D eigenvalue weighted by Gasteiger charge is -2.23. The summed E-state index contributed by atoms with van der Waals surface area (Å²) in [6, 6.07) is 0. The highest BCUT2D eigenvalue weighted by atomic mass is 16.2. The minimum absolute atomic E-state index is 0.0642. The maximum atomic E-state index is 10.7. The molecule has 2 N–H and O–H groups in total. The predicted octanol–water partition coefficient (Wildman–Crippen LogP) is -1.12. The summed E-state index contributed by atoms with van der Waals surface area (Å²) in [5.41, 5.74) is 5.09. The number of hydrazine groups is 1. The van der Waals surface area contributed by atoms with Crippen molar-refractivity contribution < 1.29 is 4.79 Å². The Morgan fingerprint density at radius 1 is 1.44 bits per heavy atom. The van der Waals surface area contributed by atoms with Gasteiger partial charge in [0, 0.05) is 21.1 Å². The average Bonchev–Trinajstić information content (AvgIpc) is 1.84. The first-order valence-electron chi connectivity index (χ1n) is 2.73. The second-order valence-corrected chi connectivity index (χ2v) is 1.97. The van der Waals surface area contributed by atoms with Crippen LogP contribution in [0.5, 0.6) is 0 Å². The lowest BCUT2D eigenvalue weighted by molar-refractivity contribution is -0.139. The highest BCUT2D eigenvalue weighted by Crippen LogP contribution is 1.83. The fraction of sp³-hybridized carbons (Fsp3) is 0.800. The van der Waals surface area contributed by atoms with Crippen LogP contribution in [0, 0.1) is 0 Å². The molecular formula is C5H13N3O. The van der Waals surface area contributed by atoms with Crippen LogP contribution < -0.4 is 5.73 Å². The topological polar surface area (TPSA) is 49.6 Å². The molecule has 0 aliphatic carbocycles. The number of nitrogens with two attached hydrogens (primary N) is 1. The Hall–Kier alpha value is -0.610. The summed E-state index contributed by atoms with van der Waals surface area (Å²) < 4.78 is 0. The van der Waals surface area contributed by atoms with Crippen LogP contribution in [0.15, 0.2) is 0 Å². The molecule has 0 rings (SSSR count). The highest BCUT2D eigenvalue weighted by Gasteiger charge is 2.05. The van der Waals surface area contributed by atoms with Gasteiger partial charge in [0.25, 0.3) is 0 Å². The Kier molecular flexibility index (Phi) is 3.19. The molecule has 4 nitrogen and oxygen atoms in total. The van der Waals surface area contributed by atoms with Crippen LogP contribution in [0.2, 0.25) is 0 Å². The number of nitrogens with zero attached hydrogens (tertiary/aromatic N) is 2. The zero-order valence-electron chi connectivity index (χ0n) is 6.09. The van der Waals surface area contributed by atoms with Crippen molar-refractivity contribution in [1.29, 1.82) is 0 Å². The van der Waals surface area contributed by atoms with E-state index in [1.165, 1.54) is 5.01 Å². The van der Waals surface area contributed by atoms with Crippen molar-refractivity contribution in [2.24, 2.45) is 5.73 Å². The molecule has 0 heterocycles. The number of carbonyl (C=O) groups excluding carboxylic acids is 1. The minimum atomic E-state index is -0.0833. The summed E-state index contributed by atoms with van der Waals surface area (Å²) >= 11 is 0. The SMILES string of the molecule is CN(C)N(C)C(=O)CN. The van der Waals surface area contributed by atoms with E-state index in [1.807, 2.05) is 0 Å². The molecule has 1 amide bonds. The number of hydrogen-bond acceptors (Lipinski definition) is 3. The summed E-state index contributed by atoms with van der Waals surface area (Å²) in [5.74, 6) is -0.0833. The van der Waals surface area contributed by atoms with Gasteiger partial charge in [0.2, 0.25) is 5.91 Å². The van der Waals surface area contributed by atoms with Gasteiger partial charge in [0.05, 0.1) is 6.54 Å². The van der Waals surface area contributed by atoms with E-state index in [4.69, 9.17) is 5.73 Å². The molecule has 0 fully saturated rings. The molecule has 0 radical (unpaired) electrons. The quantitative estimate of drug-likeness (QED) is 0.483. The van der Waals surface area contributed by atoms with Gasteiger partial charge in [-0.2, -0.15) is 0 Å². The van der Waals surface area contributed by atoms with Crippen LogP contribution in [0.25, 0.3) is 0 Å². The Morgan fingerprint density at radius 2 is 1.89 bits per heavy atom. The first-order chi connectivity index (χ1) is 4.09. The molecule has 0 aliphatic rings. The Bertz CT molecular complexity index is 102. The van der Waals surface area contributed by atoms with Crippen LogP contribution in [0.3, 0.4) is 0 Å². The second-order valence-electron chi connectivity index (χ2n) is 1.97. The highest BCUT2D eigenvalue weighted by molar-refractivity contribution is 5.77. The lowest BCUT2D eigenvalue weighted by Crippen LogP contribution is -2.41. The summed E-state index contributed by atoms with van der Waals surface area (Å²) in [7, 11) is 5.25. The van der Waals surface area contributed by atoms with E-state index in [-0.39, 0.29) is 12.5 Å². The maximum absolute atomic E-state index is 10.7. The van der Waals surface area contributed by atoms with Gasteiger partial charge >= 0.3 is 0 Å². The fourth-order valence-corrected chi connectivity index (χ4v) is 0.355. The third-order valence-electron chi connectivity index (χ3n) is 1.14. The Labute approximate surface area is 55.2 Å². The van der Waals surface area contributed by atoms with Gasteiger partial charge in [-0.1, -0.05) is 0 Å². The number of carbonyl (C=O) groups is 1. The summed E-state index contributed by atoms with van der Waals surface area (Å²) in [5, 5.41) is 3.13. The molecule has 9 heavy (non-hydrogen) atoms. The minimum Gasteiger partial charge on any atom is -0.322 e. The van der Waals surface area contributed by atoms with E-state index < -0.39 is 0 Å². The average molecular weight is 131 g/mol. The molecule has 54 valence electrons. The van der Waals surface area contributed by atoms with Crippen molar-refractivity contribution in [1.82, 2.24) is 10.0 Å². The van der Waals surface area contributed by atoms with Crippen LogP contribution in [-0.4, -0.2) is 43.6 Å². The van der Waals surface area contributed by atoms with Crippen LogP contribution >= 0.6 is 0 Å². The lowest BCUT2D eigenvalue weighted by atomic mass is 10.6. The van der Waals surface area contributed by atoms with Crippen molar-refractivity contribution in [2.45, 2.75) is 0 Å². The fourth-order valence-electron chi connectivity index (χ4n) is 0.355. The van der Waals surface area contributed by atoms with Gasteiger partial charge in [-0.25, -0.2) is 5.01 Å². The van der Waals surface area contributed by atoms with Crippen molar-refractivity contribution in [3.05, 3.63) is 0 Å². The molecule has 0 aliphatic heterocycles. The standard InChI is InChI=1S/C5H13N3O/c1-7(2)8(3)5(9)4-6/h4,6H2,1-3H3. The molecule has 0 unspecified atom stereocenters. The largest absolute Gasteiger partial charge is 0.322 e. The molecule has 0 aromatic rings. The van der Waals surface area contributed by atoms with E-state index in [0.29, 0.717) is 0 Å². The zero-order chi connectivity index (χ0) is 7.44. The number of amides is 1. The van der Waals surface area contributed by atoms with Crippen LogP contribution in [-0.2, 0) is 4.79 Å². The number of likely N-dealkylation sites (N-methyl/N-ethyl adjacent to an activating group) is 1. The van der Waals surface area contributed by atoms with Crippen molar-refractivity contribution >= 4 is 5.91 Å². The summed E-state index contributed by atoms with van der Waals surface area (Å²) in [6.07, 6.45) is 0. The van der Waals surface area contributed by atoms with E-state index in [9.17, 15) is 4.79 Å². The second kappa shape index (κ2) is 3.42. The normalized spacial score (nSPS) is 9.89. The van der Waals surface area contributed by atoms with Gasteiger partial charge in [-0.3, -0.25) is 9.80 Å². The summed E-state index contributed by atoms with van der Waals surface area (Å²) in [6.45, 7) is 0.0642. The maximum Gasteiger partial charge on any atom is 0.250 e. The summed E-state index contributed by atoms with van der Waals surface area (Å²) in [4.78, 5) is 10.7. The molecule has 0 bridgehead atoms. The molecule has 0 aromatic heterocycles. The first-order valence-corrected chi connectivity index (χ1v) is 2.73. The van der Waals surface area contributed by atoms with Crippen molar-refractivity contribution in [3.63, 3.8) is 0 Å². The molecule has 0 saturated heterocycles. The van der Waals surface area contributed by atoms with Gasteiger partial charge in [-0.15, -0.1) is 0 Å². The molecular weight excluding hydrogens is 118 g/mol. The van der Waals surface area contributed by atoms with Crippen molar-refractivity contribution in [3.8, 4) is 0 Å². The Balaban J connectivity index is 3.72. The van der Waals surface area contributed by atoms with Crippen LogP contribution in [0.4, 0.5) is 0 Å². The number of hydrogen-bond donors (Lipinski definition) is 1. The third-order valence-corrected chi connectivity index (χ3v) is 1.14. The molecule has 4 heteroatoms. The smallest absolute Gasteiger partial charge is 0.250 e. The predicted molar refractivity (Wildman–Crippen MR) is 35.5 cm³/mol.